The second kappa shape index (κ2) is 6.49. The molecule has 76 valence electrons. The minimum absolute atomic E-state index is 0.199. The number of thioether (sulfide) groups is 1. The van der Waals surface area contributed by atoms with Gasteiger partial charge in [-0.1, -0.05) is 18.2 Å². The van der Waals surface area contributed by atoms with Gasteiger partial charge in [0.25, 0.3) is 0 Å². The third-order valence-electron chi connectivity index (χ3n) is 1.83. The second-order valence-corrected chi connectivity index (χ2v) is 4.25. The molecule has 0 saturated heterocycles. The van der Waals surface area contributed by atoms with Gasteiger partial charge in [0, 0.05) is 11.3 Å². The number of primary amides is 1. The fraction of sp³-hybridized carbons (Fsp3) is 0.364. The van der Waals surface area contributed by atoms with Crippen LogP contribution in [0, 0.1) is 0 Å². The minimum Gasteiger partial charge on any atom is -0.370 e. The van der Waals surface area contributed by atoms with Crippen LogP contribution in [0.5, 0.6) is 0 Å². The fourth-order valence-electron chi connectivity index (χ4n) is 1.11. The molecule has 1 aromatic rings. The van der Waals surface area contributed by atoms with Gasteiger partial charge in [-0.3, -0.25) is 4.79 Å². The van der Waals surface area contributed by atoms with E-state index in [-0.39, 0.29) is 5.91 Å². The van der Waals surface area contributed by atoms with E-state index in [1.807, 2.05) is 30.0 Å². The lowest BCUT2D eigenvalue weighted by Crippen LogP contribution is -2.09. The molecule has 2 nitrogen and oxygen atoms in total. The van der Waals surface area contributed by atoms with Crippen molar-refractivity contribution < 1.29 is 4.79 Å². The molecule has 0 radical (unpaired) electrons. The topological polar surface area (TPSA) is 43.1 Å². The molecule has 0 aliphatic rings. The average molecular weight is 209 g/mol. The van der Waals surface area contributed by atoms with Gasteiger partial charge in [-0.15, -0.1) is 11.8 Å². The van der Waals surface area contributed by atoms with E-state index < -0.39 is 0 Å². The van der Waals surface area contributed by atoms with E-state index in [0.29, 0.717) is 6.42 Å². The van der Waals surface area contributed by atoms with E-state index in [9.17, 15) is 4.79 Å². The Bertz CT molecular complexity index is 274. The summed E-state index contributed by atoms with van der Waals surface area (Å²) in [6.07, 6.45) is 2.45. The van der Waals surface area contributed by atoms with Crippen LogP contribution in [0.25, 0.3) is 0 Å². The number of carbonyl (C=O) groups is 1. The normalized spacial score (nSPS) is 10.0. The maximum atomic E-state index is 10.4. The summed E-state index contributed by atoms with van der Waals surface area (Å²) in [6.45, 7) is 0. The molecule has 0 saturated carbocycles. The summed E-state index contributed by atoms with van der Waals surface area (Å²) in [5.74, 6) is 0.854. The van der Waals surface area contributed by atoms with Crippen molar-refractivity contribution in [2.24, 2.45) is 5.73 Å². The van der Waals surface area contributed by atoms with E-state index >= 15 is 0 Å². The Hall–Kier alpha value is -0.960. The fourth-order valence-corrected chi connectivity index (χ4v) is 2.04. The van der Waals surface area contributed by atoms with Crippen LogP contribution in [0.3, 0.4) is 0 Å². The number of unbranched alkanes of at least 4 members (excludes halogenated alkanes) is 1. The Balaban J connectivity index is 2.08. The van der Waals surface area contributed by atoms with Crippen LogP contribution >= 0.6 is 11.8 Å². The highest BCUT2D eigenvalue weighted by atomic mass is 32.2. The Kier molecular flexibility index (Phi) is 5.15. The van der Waals surface area contributed by atoms with Gasteiger partial charge in [-0.25, -0.2) is 0 Å². The molecule has 0 fully saturated rings. The zero-order chi connectivity index (χ0) is 10.2. The molecule has 0 aromatic heterocycles. The molecule has 0 aliphatic heterocycles. The molecular weight excluding hydrogens is 194 g/mol. The van der Waals surface area contributed by atoms with Crippen LogP contribution in [-0.4, -0.2) is 11.7 Å². The molecule has 14 heavy (non-hydrogen) atoms. The molecule has 0 atom stereocenters. The van der Waals surface area contributed by atoms with E-state index in [1.54, 1.807) is 0 Å². The van der Waals surface area contributed by atoms with Crippen LogP contribution in [0.1, 0.15) is 19.3 Å². The average Bonchev–Trinajstić information content (AvgIpc) is 2.18. The highest BCUT2D eigenvalue weighted by Gasteiger charge is 1.95. The largest absolute Gasteiger partial charge is 0.370 e. The lowest BCUT2D eigenvalue weighted by atomic mass is 10.2. The monoisotopic (exact) mass is 209 g/mol. The SMILES string of the molecule is NC(=O)CCCCSc1ccccc1. The Labute approximate surface area is 88.9 Å². The van der Waals surface area contributed by atoms with Crippen LogP contribution in [0.15, 0.2) is 35.2 Å². The first-order chi connectivity index (χ1) is 6.79. The molecular formula is C11H15NOS. The molecule has 0 bridgehead atoms. The Morgan fingerprint density at radius 1 is 1.21 bits per heavy atom. The van der Waals surface area contributed by atoms with E-state index in [0.717, 1.165) is 18.6 Å². The van der Waals surface area contributed by atoms with Crippen molar-refractivity contribution in [3.63, 3.8) is 0 Å². The molecule has 0 aliphatic carbocycles. The number of hydrogen-bond acceptors (Lipinski definition) is 2. The maximum Gasteiger partial charge on any atom is 0.217 e. The number of carbonyl (C=O) groups excluding carboxylic acids is 1. The van der Waals surface area contributed by atoms with Crippen molar-refractivity contribution in [3.8, 4) is 0 Å². The van der Waals surface area contributed by atoms with Crippen molar-refractivity contribution >= 4 is 17.7 Å². The molecule has 1 amide bonds. The van der Waals surface area contributed by atoms with Gasteiger partial charge in [0.2, 0.25) is 5.91 Å². The van der Waals surface area contributed by atoms with Gasteiger partial charge in [0.05, 0.1) is 0 Å². The van der Waals surface area contributed by atoms with Gasteiger partial charge in [-0.05, 0) is 30.7 Å². The highest BCUT2D eigenvalue weighted by Crippen LogP contribution is 2.18. The number of hydrogen-bond donors (Lipinski definition) is 1. The van der Waals surface area contributed by atoms with Gasteiger partial charge in [0.15, 0.2) is 0 Å². The molecule has 1 rings (SSSR count). The standard InChI is InChI=1S/C11H15NOS/c12-11(13)8-4-5-9-14-10-6-2-1-3-7-10/h1-3,6-7H,4-5,8-9H2,(H2,12,13). The van der Waals surface area contributed by atoms with Crippen LogP contribution < -0.4 is 5.73 Å². The molecule has 0 unspecified atom stereocenters. The summed E-state index contributed by atoms with van der Waals surface area (Å²) in [5, 5.41) is 0. The van der Waals surface area contributed by atoms with Crippen molar-refractivity contribution in [1.29, 1.82) is 0 Å². The van der Waals surface area contributed by atoms with Crippen molar-refractivity contribution in [2.45, 2.75) is 24.2 Å². The van der Waals surface area contributed by atoms with E-state index in [4.69, 9.17) is 5.73 Å². The first-order valence-electron chi connectivity index (χ1n) is 4.75. The summed E-state index contributed by atoms with van der Waals surface area (Å²) in [7, 11) is 0. The lowest BCUT2D eigenvalue weighted by Gasteiger charge is -2.00. The third kappa shape index (κ3) is 4.92. The predicted octanol–water partition coefficient (Wildman–Crippen LogP) is 2.43. The second-order valence-electron chi connectivity index (χ2n) is 3.08. The van der Waals surface area contributed by atoms with Gasteiger partial charge in [0.1, 0.15) is 0 Å². The Morgan fingerprint density at radius 3 is 2.57 bits per heavy atom. The van der Waals surface area contributed by atoms with Crippen LogP contribution in [0.2, 0.25) is 0 Å². The number of rotatable bonds is 6. The van der Waals surface area contributed by atoms with E-state index in [1.165, 1.54) is 4.90 Å². The van der Waals surface area contributed by atoms with Crippen molar-refractivity contribution in [2.75, 3.05) is 5.75 Å². The van der Waals surface area contributed by atoms with Crippen molar-refractivity contribution in [3.05, 3.63) is 30.3 Å². The van der Waals surface area contributed by atoms with Gasteiger partial charge < -0.3 is 5.73 Å². The highest BCUT2D eigenvalue weighted by molar-refractivity contribution is 7.99. The summed E-state index contributed by atoms with van der Waals surface area (Å²) in [5.41, 5.74) is 5.04. The molecule has 3 heteroatoms. The molecule has 0 heterocycles. The summed E-state index contributed by atoms with van der Waals surface area (Å²) >= 11 is 1.82. The number of benzene rings is 1. The van der Waals surface area contributed by atoms with Gasteiger partial charge >= 0.3 is 0 Å². The minimum atomic E-state index is -0.199. The zero-order valence-corrected chi connectivity index (χ0v) is 8.93. The van der Waals surface area contributed by atoms with Crippen molar-refractivity contribution in [1.82, 2.24) is 0 Å². The van der Waals surface area contributed by atoms with Crippen LogP contribution in [-0.2, 0) is 4.79 Å². The van der Waals surface area contributed by atoms with Crippen LogP contribution in [0.4, 0.5) is 0 Å². The maximum absolute atomic E-state index is 10.4. The number of amides is 1. The van der Waals surface area contributed by atoms with E-state index in [2.05, 4.69) is 12.1 Å². The Morgan fingerprint density at radius 2 is 1.93 bits per heavy atom. The summed E-state index contributed by atoms with van der Waals surface area (Å²) in [4.78, 5) is 11.7. The molecule has 0 spiro atoms. The predicted molar refractivity (Wildman–Crippen MR) is 60.2 cm³/mol. The number of nitrogens with two attached hydrogens (primary N) is 1. The first kappa shape index (κ1) is 11.1. The summed E-state index contributed by atoms with van der Waals surface area (Å²) < 4.78 is 0. The third-order valence-corrected chi connectivity index (χ3v) is 2.93. The smallest absolute Gasteiger partial charge is 0.217 e. The first-order valence-corrected chi connectivity index (χ1v) is 5.74. The zero-order valence-electron chi connectivity index (χ0n) is 8.11. The molecule has 2 N–H and O–H groups in total. The lowest BCUT2D eigenvalue weighted by molar-refractivity contribution is -0.118. The quantitative estimate of drug-likeness (QED) is 0.577. The van der Waals surface area contributed by atoms with Gasteiger partial charge in [-0.2, -0.15) is 0 Å². The summed E-state index contributed by atoms with van der Waals surface area (Å²) in [6, 6.07) is 10.3. The molecule has 1 aromatic carbocycles.